The quantitative estimate of drug-likeness (QED) is 0.697. The SMILES string of the molecule is CCC(C)CNC(=O)N(C)CCCC(=O)O. The van der Waals surface area contributed by atoms with Gasteiger partial charge in [0.2, 0.25) is 0 Å². The average molecular weight is 230 g/mol. The Labute approximate surface area is 96.8 Å². The summed E-state index contributed by atoms with van der Waals surface area (Å²) in [4.78, 5) is 23.3. The molecule has 0 aromatic rings. The molecule has 2 N–H and O–H groups in total. The first-order valence-corrected chi connectivity index (χ1v) is 5.68. The predicted octanol–water partition coefficient (Wildman–Crippen LogP) is 1.54. The van der Waals surface area contributed by atoms with Gasteiger partial charge in [-0.1, -0.05) is 20.3 Å². The minimum absolute atomic E-state index is 0.100. The number of hydrogen-bond acceptors (Lipinski definition) is 2. The molecule has 0 fully saturated rings. The maximum Gasteiger partial charge on any atom is 0.317 e. The summed E-state index contributed by atoms with van der Waals surface area (Å²) in [6.45, 7) is 5.29. The van der Waals surface area contributed by atoms with Crippen molar-refractivity contribution >= 4 is 12.0 Å². The Morgan fingerprint density at radius 2 is 2.06 bits per heavy atom. The molecule has 0 aromatic carbocycles. The number of carbonyl (C=O) groups excluding carboxylic acids is 1. The molecular formula is C11H22N2O3. The molecule has 0 aliphatic heterocycles. The zero-order valence-corrected chi connectivity index (χ0v) is 10.3. The van der Waals surface area contributed by atoms with Gasteiger partial charge >= 0.3 is 12.0 Å². The van der Waals surface area contributed by atoms with Gasteiger partial charge in [-0.15, -0.1) is 0 Å². The molecule has 0 bridgehead atoms. The molecular weight excluding hydrogens is 208 g/mol. The summed E-state index contributed by atoms with van der Waals surface area (Å²) in [6.07, 6.45) is 1.62. The van der Waals surface area contributed by atoms with Gasteiger partial charge < -0.3 is 15.3 Å². The second-order valence-corrected chi connectivity index (χ2v) is 4.12. The van der Waals surface area contributed by atoms with Gasteiger partial charge in [-0.25, -0.2) is 4.79 Å². The Morgan fingerprint density at radius 1 is 1.44 bits per heavy atom. The number of nitrogens with one attached hydrogen (secondary N) is 1. The van der Waals surface area contributed by atoms with Crippen LogP contribution >= 0.6 is 0 Å². The smallest absolute Gasteiger partial charge is 0.317 e. The minimum atomic E-state index is -0.826. The third-order valence-corrected chi connectivity index (χ3v) is 2.53. The second kappa shape index (κ2) is 7.96. The first-order valence-electron chi connectivity index (χ1n) is 5.68. The number of nitrogens with zero attached hydrogens (tertiary/aromatic N) is 1. The highest BCUT2D eigenvalue weighted by molar-refractivity contribution is 5.73. The van der Waals surface area contributed by atoms with E-state index in [9.17, 15) is 9.59 Å². The Balaban J connectivity index is 3.69. The van der Waals surface area contributed by atoms with Crippen LogP contribution in [0, 0.1) is 5.92 Å². The number of urea groups is 1. The first-order chi connectivity index (χ1) is 7.47. The Morgan fingerprint density at radius 3 is 2.56 bits per heavy atom. The van der Waals surface area contributed by atoms with Crippen LogP contribution in [0.2, 0.25) is 0 Å². The fraction of sp³-hybridized carbons (Fsp3) is 0.818. The van der Waals surface area contributed by atoms with Gasteiger partial charge in [-0.2, -0.15) is 0 Å². The summed E-state index contributed by atoms with van der Waals surface area (Å²) >= 11 is 0. The summed E-state index contributed by atoms with van der Waals surface area (Å²) in [7, 11) is 1.67. The van der Waals surface area contributed by atoms with Crippen molar-refractivity contribution in [2.45, 2.75) is 33.1 Å². The van der Waals surface area contributed by atoms with E-state index >= 15 is 0 Å². The molecule has 5 heteroatoms. The molecule has 1 atom stereocenters. The van der Waals surface area contributed by atoms with E-state index in [2.05, 4.69) is 19.2 Å². The number of aliphatic carboxylic acids is 1. The molecule has 16 heavy (non-hydrogen) atoms. The molecule has 0 aromatic heterocycles. The monoisotopic (exact) mass is 230 g/mol. The molecule has 0 saturated carbocycles. The Hall–Kier alpha value is -1.26. The van der Waals surface area contributed by atoms with Crippen LogP contribution in [0.4, 0.5) is 4.79 Å². The van der Waals surface area contributed by atoms with E-state index in [0.717, 1.165) is 6.42 Å². The molecule has 0 rings (SSSR count). The van der Waals surface area contributed by atoms with Crippen molar-refractivity contribution in [1.82, 2.24) is 10.2 Å². The molecule has 0 saturated heterocycles. The first kappa shape index (κ1) is 14.7. The molecule has 0 spiro atoms. The number of carboxylic acid groups (broad SMARTS) is 1. The Bertz CT molecular complexity index is 231. The van der Waals surface area contributed by atoms with E-state index in [1.54, 1.807) is 7.05 Å². The average Bonchev–Trinajstić information content (AvgIpc) is 2.24. The van der Waals surface area contributed by atoms with Crippen LogP contribution in [0.15, 0.2) is 0 Å². The third-order valence-electron chi connectivity index (χ3n) is 2.53. The van der Waals surface area contributed by atoms with E-state index in [0.29, 0.717) is 25.4 Å². The summed E-state index contributed by atoms with van der Waals surface area (Å²) in [5, 5.41) is 11.3. The van der Waals surface area contributed by atoms with Crippen molar-refractivity contribution in [3.8, 4) is 0 Å². The summed E-state index contributed by atoms with van der Waals surface area (Å²) < 4.78 is 0. The number of carbonyl (C=O) groups is 2. The zero-order chi connectivity index (χ0) is 12.6. The van der Waals surface area contributed by atoms with E-state index < -0.39 is 5.97 Å². The fourth-order valence-electron chi connectivity index (χ4n) is 1.11. The van der Waals surface area contributed by atoms with Gasteiger partial charge in [0.1, 0.15) is 0 Å². The normalized spacial score (nSPS) is 11.9. The second-order valence-electron chi connectivity index (χ2n) is 4.12. The summed E-state index contributed by atoms with van der Waals surface area (Å²) in [6, 6.07) is -0.134. The van der Waals surface area contributed by atoms with Gasteiger partial charge in [0.15, 0.2) is 0 Å². The number of amides is 2. The molecule has 5 nitrogen and oxygen atoms in total. The maximum absolute atomic E-state index is 11.5. The number of hydrogen-bond donors (Lipinski definition) is 2. The molecule has 2 amide bonds. The molecule has 0 radical (unpaired) electrons. The molecule has 1 unspecified atom stereocenters. The van der Waals surface area contributed by atoms with Crippen LogP contribution in [0.5, 0.6) is 0 Å². The summed E-state index contributed by atoms with van der Waals surface area (Å²) in [5.41, 5.74) is 0. The number of carboxylic acids is 1. The Kier molecular flexibility index (Phi) is 7.33. The highest BCUT2D eigenvalue weighted by Gasteiger charge is 2.09. The van der Waals surface area contributed by atoms with Crippen LogP contribution in [-0.4, -0.2) is 42.1 Å². The van der Waals surface area contributed by atoms with Crippen molar-refractivity contribution in [2.24, 2.45) is 5.92 Å². The maximum atomic E-state index is 11.5. The van der Waals surface area contributed by atoms with Gasteiger partial charge in [-0.05, 0) is 12.3 Å². The molecule has 0 aliphatic carbocycles. The van der Waals surface area contributed by atoms with Gasteiger partial charge in [0.25, 0.3) is 0 Å². The number of rotatable bonds is 7. The van der Waals surface area contributed by atoms with Gasteiger partial charge in [0.05, 0.1) is 0 Å². The van der Waals surface area contributed by atoms with E-state index in [-0.39, 0.29) is 12.5 Å². The highest BCUT2D eigenvalue weighted by Crippen LogP contribution is 1.98. The van der Waals surface area contributed by atoms with Gasteiger partial charge in [0, 0.05) is 26.6 Å². The largest absolute Gasteiger partial charge is 0.481 e. The molecule has 94 valence electrons. The van der Waals surface area contributed by atoms with E-state index in [1.165, 1.54) is 4.90 Å². The van der Waals surface area contributed by atoms with Gasteiger partial charge in [-0.3, -0.25) is 4.79 Å². The van der Waals surface area contributed by atoms with Crippen LogP contribution < -0.4 is 5.32 Å². The van der Waals surface area contributed by atoms with Crippen molar-refractivity contribution in [1.29, 1.82) is 0 Å². The molecule has 0 aliphatic rings. The zero-order valence-electron chi connectivity index (χ0n) is 10.3. The van der Waals surface area contributed by atoms with Crippen LogP contribution in [-0.2, 0) is 4.79 Å². The van der Waals surface area contributed by atoms with Crippen LogP contribution in [0.25, 0.3) is 0 Å². The van der Waals surface area contributed by atoms with Crippen molar-refractivity contribution in [2.75, 3.05) is 20.1 Å². The standard InChI is InChI=1S/C11H22N2O3/c1-4-9(2)8-12-11(16)13(3)7-5-6-10(14)15/h9H,4-8H2,1-3H3,(H,12,16)(H,14,15). The minimum Gasteiger partial charge on any atom is -0.481 e. The van der Waals surface area contributed by atoms with Crippen LogP contribution in [0.3, 0.4) is 0 Å². The highest BCUT2D eigenvalue weighted by atomic mass is 16.4. The predicted molar refractivity (Wildman–Crippen MR) is 62.4 cm³/mol. The van der Waals surface area contributed by atoms with Crippen molar-refractivity contribution < 1.29 is 14.7 Å². The summed E-state index contributed by atoms with van der Waals surface area (Å²) in [5.74, 6) is -0.357. The lowest BCUT2D eigenvalue weighted by Gasteiger charge is -2.18. The lowest BCUT2D eigenvalue weighted by Crippen LogP contribution is -2.39. The van der Waals surface area contributed by atoms with Crippen LogP contribution in [0.1, 0.15) is 33.1 Å². The van der Waals surface area contributed by atoms with Crippen molar-refractivity contribution in [3.63, 3.8) is 0 Å². The van der Waals surface area contributed by atoms with E-state index in [1.807, 2.05) is 0 Å². The lowest BCUT2D eigenvalue weighted by molar-refractivity contribution is -0.137. The van der Waals surface area contributed by atoms with E-state index in [4.69, 9.17) is 5.11 Å². The lowest BCUT2D eigenvalue weighted by atomic mass is 10.1. The topological polar surface area (TPSA) is 69.6 Å². The third kappa shape index (κ3) is 7.09. The molecule has 0 heterocycles. The fourth-order valence-corrected chi connectivity index (χ4v) is 1.11. The van der Waals surface area contributed by atoms with Crippen molar-refractivity contribution in [3.05, 3.63) is 0 Å².